The molecule has 1 fully saturated rings. The highest BCUT2D eigenvalue weighted by Gasteiger charge is 2.41. The summed E-state index contributed by atoms with van der Waals surface area (Å²) in [6.07, 6.45) is -4.85. The lowest BCUT2D eigenvalue weighted by molar-refractivity contribution is -0.274. The number of ether oxygens (including phenoxy) is 1. The topological polar surface area (TPSA) is 89.5 Å². The van der Waals surface area contributed by atoms with Crippen LogP contribution in [0.4, 0.5) is 13.2 Å². The summed E-state index contributed by atoms with van der Waals surface area (Å²) in [5, 5.41) is 0. The fraction of sp³-hybridized carbons (Fsp3) is 0.500. The van der Waals surface area contributed by atoms with Crippen molar-refractivity contribution in [1.82, 2.24) is 4.72 Å². The number of hydrogen-bond acceptors (Lipinski definition) is 5. The first-order valence-electron chi connectivity index (χ1n) is 6.41. The summed E-state index contributed by atoms with van der Waals surface area (Å²) < 4.78 is 90.1. The maximum atomic E-state index is 12.3. The number of benzene rings is 1. The van der Waals surface area contributed by atoms with Gasteiger partial charge < -0.3 is 4.74 Å². The van der Waals surface area contributed by atoms with Crippen LogP contribution in [0.15, 0.2) is 29.2 Å². The molecular weight excluding hydrogens is 359 g/mol. The van der Waals surface area contributed by atoms with E-state index in [-0.39, 0.29) is 17.9 Å². The van der Waals surface area contributed by atoms with Crippen molar-refractivity contribution >= 4 is 19.9 Å². The second-order valence-corrected chi connectivity index (χ2v) is 9.40. The Morgan fingerprint density at radius 1 is 1.30 bits per heavy atom. The highest BCUT2D eigenvalue weighted by molar-refractivity contribution is 7.92. The summed E-state index contributed by atoms with van der Waals surface area (Å²) in [6, 6.07) is 3.89. The molecule has 130 valence electrons. The van der Waals surface area contributed by atoms with Crippen LogP contribution in [0.25, 0.3) is 0 Å². The molecule has 0 bridgehead atoms. The van der Waals surface area contributed by atoms with Crippen LogP contribution in [-0.4, -0.2) is 40.2 Å². The summed E-state index contributed by atoms with van der Waals surface area (Å²) >= 11 is 0. The van der Waals surface area contributed by atoms with Crippen LogP contribution in [-0.2, 0) is 19.9 Å². The van der Waals surface area contributed by atoms with Gasteiger partial charge in [-0.2, -0.15) is 0 Å². The Morgan fingerprint density at radius 2 is 1.96 bits per heavy atom. The summed E-state index contributed by atoms with van der Waals surface area (Å²) in [4.78, 5) is -0.440. The van der Waals surface area contributed by atoms with E-state index in [1.807, 2.05) is 0 Å². The lowest BCUT2D eigenvalue weighted by Crippen LogP contribution is -2.46. The third kappa shape index (κ3) is 4.82. The van der Waals surface area contributed by atoms with Gasteiger partial charge in [0.2, 0.25) is 10.0 Å². The Labute approximate surface area is 131 Å². The number of rotatable bonds is 4. The van der Waals surface area contributed by atoms with E-state index in [2.05, 4.69) is 9.46 Å². The summed E-state index contributed by atoms with van der Waals surface area (Å²) in [6.45, 7) is 1.44. The molecule has 1 aromatic carbocycles. The first-order valence-corrected chi connectivity index (χ1v) is 9.71. The first kappa shape index (κ1) is 18.0. The molecular formula is C12H14F3NO5S2. The van der Waals surface area contributed by atoms with Gasteiger partial charge in [0.15, 0.2) is 9.84 Å². The van der Waals surface area contributed by atoms with E-state index in [4.69, 9.17) is 0 Å². The van der Waals surface area contributed by atoms with Crippen LogP contribution in [0.3, 0.4) is 0 Å². The van der Waals surface area contributed by atoms with Gasteiger partial charge in [-0.1, -0.05) is 6.07 Å². The van der Waals surface area contributed by atoms with Gasteiger partial charge in [0.1, 0.15) is 5.75 Å². The van der Waals surface area contributed by atoms with Crippen LogP contribution in [0, 0.1) is 0 Å². The minimum atomic E-state index is -4.94. The molecule has 2 rings (SSSR count). The molecule has 1 heterocycles. The van der Waals surface area contributed by atoms with Gasteiger partial charge in [-0.15, -0.1) is 13.2 Å². The van der Waals surface area contributed by atoms with E-state index in [0.29, 0.717) is 0 Å². The Kier molecular flexibility index (Phi) is 4.41. The van der Waals surface area contributed by atoms with E-state index in [0.717, 1.165) is 24.3 Å². The van der Waals surface area contributed by atoms with Gasteiger partial charge in [-0.3, -0.25) is 0 Å². The molecule has 0 aromatic heterocycles. The van der Waals surface area contributed by atoms with Crippen LogP contribution < -0.4 is 9.46 Å². The molecule has 11 heteroatoms. The maximum Gasteiger partial charge on any atom is 0.573 e. The predicted octanol–water partition coefficient (Wildman–Crippen LogP) is 1.44. The van der Waals surface area contributed by atoms with Crippen molar-refractivity contribution < 1.29 is 34.7 Å². The number of sulfonamides is 1. The lowest BCUT2D eigenvalue weighted by Gasteiger charge is -2.23. The average molecular weight is 373 g/mol. The van der Waals surface area contributed by atoms with Crippen molar-refractivity contribution in [1.29, 1.82) is 0 Å². The number of alkyl halides is 3. The van der Waals surface area contributed by atoms with E-state index < -0.39 is 42.4 Å². The van der Waals surface area contributed by atoms with Crippen molar-refractivity contribution in [3.63, 3.8) is 0 Å². The molecule has 0 radical (unpaired) electrons. The molecule has 0 saturated carbocycles. The van der Waals surface area contributed by atoms with Gasteiger partial charge in [0.25, 0.3) is 0 Å². The fourth-order valence-electron chi connectivity index (χ4n) is 2.31. The second-order valence-electron chi connectivity index (χ2n) is 5.53. The summed E-state index contributed by atoms with van der Waals surface area (Å²) in [7, 11) is -7.53. The number of halogens is 3. The Morgan fingerprint density at radius 3 is 2.48 bits per heavy atom. The summed E-state index contributed by atoms with van der Waals surface area (Å²) in [5.41, 5.74) is -1.20. The first-order chi connectivity index (χ1) is 10.3. The SMILES string of the molecule is C[C@@]1(NS(=O)(=O)c2cccc(OC(F)(F)F)c2)CCS(=O)(=O)C1. The van der Waals surface area contributed by atoms with Crippen molar-refractivity contribution in [3.8, 4) is 5.75 Å². The highest BCUT2D eigenvalue weighted by atomic mass is 32.2. The molecule has 6 nitrogen and oxygen atoms in total. The molecule has 0 amide bonds. The fourth-order valence-corrected chi connectivity index (χ4v) is 5.97. The van der Waals surface area contributed by atoms with Gasteiger partial charge in [-0.25, -0.2) is 21.6 Å². The lowest BCUT2D eigenvalue weighted by atomic mass is 10.0. The van der Waals surface area contributed by atoms with Crippen LogP contribution in [0.5, 0.6) is 5.75 Å². The van der Waals surface area contributed by atoms with E-state index in [9.17, 15) is 30.0 Å². The molecule has 1 aromatic rings. The third-order valence-electron chi connectivity index (χ3n) is 3.23. The number of hydrogen-bond donors (Lipinski definition) is 1. The molecule has 1 aliphatic rings. The Hall–Kier alpha value is -1.33. The molecule has 0 unspecified atom stereocenters. The normalized spacial score (nSPS) is 24.5. The molecule has 1 atom stereocenters. The highest BCUT2D eigenvalue weighted by Crippen LogP contribution is 2.28. The minimum absolute atomic E-state index is 0.0906. The minimum Gasteiger partial charge on any atom is -0.406 e. The van der Waals surface area contributed by atoms with Crippen LogP contribution in [0.2, 0.25) is 0 Å². The quantitative estimate of drug-likeness (QED) is 0.863. The molecule has 0 aliphatic carbocycles. The zero-order chi connectivity index (χ0) is 17.5. The standard InChI is InChI=1S/C12H14F3NO5S2/c1-11(5-6-22(17,18)8-11)16-23(19,20)10-4-2-3-9(7-10)21-12(13,14)15/h2-4,7,16H,5-6,8H2,1H3/t11-/m1/s1. The zero-order valence-electron chi connectivity index (χ0n) is 11.9. The van der Waals surface area contributed by atoms with E-state index >= 15 is 0 Å². The Bertz CT molecular complexity index is 804. The molecule has 1 aliphatic heterocycles. The van der Waals surface area contributed by atoms with Gasteiger partial charge in [-0.05, 0) is 25.5 Å². The molecule has 1 N–H and O–H groups in total. The van der Waals surface area contributed by atoms with Crippen molar-refractivity contribution in [2.45, 2.75) is 30.1 Å². The third-order valence-corrected chi connectivity index (χ3v) is 6.77. The predicted molar refractivity (Wildman–Crippen MR) is 75.1 cm³/mol. The average Bonchev–Trinajstić information content (AvgIpc) is 2.60. The number of nitrogens with one attached hydrogen (secondary N) is 1. The van der Waals surface area contributed by atoms with Gasteiger partial charge in [0, 0.05) is 11.6 Å². The second kappa shape index (κ2) is 5.64. The molecule has 23 heavy (non-hydrogen) atoms. The number of sulfone groups is 1. The van der Waals surface area contributed by atoms with Crippen molar-refractivity contribution in [3.05, 3.63) is 24.3 Å². The summed E-state index contributed by atoms with van der Waals surface area (Å²) in [5.74, 6) is -1.19. The monoisotopic (exact) mass is 373 g/mol. The smallest absolute Gasteiger partial charge is 0.406 e. The zero-order valence-corrected chi connectivity index (χ0v) is 13.6. The van der Waals surface area contributed by atoms with Crippen molar-refractivity contribution in [2.75, 3.05) is 11.5 Å². The van der Waals surface area contributed by atoms with Crippen LogP contribution >= 0.6 is 0 Å². The van der Waals surface area contributed by atoms with Gasteiger partial charge in [0.05, 0.1) is 16.4 Å². The van der Waals surface area contributed by atoms with Crippen LogP contribution in [0.1, 0.15) is 13.3 Å². The largest absolute Gasteiger partial charge is 0.573 e. The molecule has 1 saturated heterocycles. The van der Waals surface area contributed by atoms with Crippen molar-refractivity contribution in [2.24, 2.45) is 0 Å². The Balaban J connectivity index is 2.25. The van der Waals surface area contributed by atoms with Gasteiger partial charge >= 0.3 is 6.36 Å². The maximum absolute atomic E-state index is 12.3. The van der Waals surface area contributed by atoms with E-state index in [1.165, 1.54) is 6.92 Å². The molecule has 0 spiro atoms. The van der Waals surface area contributed by atoms with E-state index in [1.54, 1.807) is 0 Å².